The molecule has 0 unspecified atom stereocenters. The van der Waals surface area contributed by atoms with Crippen LogP contribution in [0.1, 0.15) is 11.1 Å². The summed E-state index contributed by atoms with van der Waals surface area (Å²) in [6, 6.07) is 7.91. The number of aromatic nitrogens is 1. The predicted octanol–water partition coefficient (Wildman–Crippen LogP) is 2.27. The Balaban J connectivity index is 2.73. The molecular weight excluding hydrogens is 313 g/mol. The molecule has 116 valence electrons. The number of benzene rings is 1. The van der Waals surface area contributed by atoms with Crippen molar-refractivity contribution in [3.63, 3.8) is 0 Å². The highest BCUT2D eigenvalue weighted by molar-refractivity contribution is 5.80. The van der Waals surface area contributed by atoms with Crippen molar-refractivity contribution in [2.75, 3.05) is 5.73 Å². The lowest BCUT2D eigenvalue weighted by atomic mass is 9.96. The number of H-pyrrole nitrogens is 1. The van der Waals surface area contributed by atoms with Crippen LogP contribution in [0.25, 0.3) is 11.1 Å². The molecule has 2 aromatic rings. The Kier molecular flexibility index (Phi) is 3.97. The first-order valence-corrected chi connectivity index (χ1v) is 5.99. The summed E-state index contributed by atoms with van der Waals surface area (Å²) in [5.41, 5.74) is 3.92. The van der Waals surface area contributed by atoms with Gasteiger partial charge in [-0.2, -0.15) is 10.5 Å². The second-order valence-corrected chi connectivity index (χ2v) is 4.29. The molecule has 2 rings (SSSR count). The van der Waals surface area contributed by atoms with Crippen molar-refractivity contribution in [3.8, 4) is 29.0 Å². The number of nitrogens with two attached hydrogens (primary N) is 1. The van der Waals surface area contributed by atoms with Gasteiger partial charge in [-0.25, -0.2) is 0 Å². The van der Waals surface area contributed by atoms with E-state index < -0.39 is 23.2 Å². The monoisotopic (exact) mass is 320 g/mol. The highest BCUT2D eigenvalue weighted by Crippen LogP contribution is 2.32. The van der Waals surface area contributed by atoms with Crippen molar-refractivity contribution in [1.29, 1.82) is 10.5 Å². The minimum atomic E-state index is -4.90. The summed E-state index contributed by atoms with van der Waals surface area (Å²) in [5.74, 6) is -0.838. The van der Waals surface area contributed by atoms with Gasteiger partial charge in [-0.05, 0) is 17.7 Å². The van der Waals surface area contributed by atoms with E-state index in [1.807, 2.05) is 0 Å². The number of rotatable bonds is 2. The van der Waals surface area contributed by atoms with Gasteiger partial charge in [0.1, 0.15) is 34.8 Å². The third kappa shape index (κ3) is 3.24. The van der Waals surface area contributed by atoms with E-state index in [2.05, 4.69) is 9.72 Å². The Morgan fingerprint density at radius 2 is 1.83 bits per heavy atom. The van der Waals surface area contributed by atoms with Crippen LogP contribution >= 0.6 is 0 Å². The Hall–Kier alpha value is -3.46. The lowest BCUT2D eigenvalue weighted by molar-refractivity contribution is -0.274. The molecule has 1 heterocycles. The van der Waals surface area contributed by atoms with E-state index in [0.29, 0.717) is 0 Å². The molecule has 0 bridgehead atoms. The zero-order valence-corrected chi connectivity index (χ0v) is 11.2. The third-order valence-corrected chi connectivity index (χ3v) is 2.82. The normalized spacial score (nSPS) is 10.7. The van der Waals surface area contributed by atoms with Gasteiger partial charge < -0.3 is 15.5 Å². The van der Waals surface area contributed by atoms with Gasteiger partial charge >= 0.3 is 6.36 Å². The molecule has 0 saturated heterocycles. The second-order valence-electron chi connectivity index (χ2n) is 4.29. The van der Waals surface area contributed by atoms with Crippen LogP contribution in [0.5, 0.6) is 5.75 Å². The Labute approximate surface area is 127 Å². The van der Waals surface area contributed by atoms with E-state index in [1.54, 1.807) is 12.1 Å². The minimum absolute atomic E-state index is 0.0256. The van der Waals surface area contributed by atoms with E-state index in [1.165, 1.54) is 12.1 Å². The molecule has 3 N–H and O–H groups in total. The lowest BCUT2D eigenvalue weighted by Gasteiger charge is -2.12. The summed E-state index contributed by atoms with van der Waals surface area (Å²) in [4.78, 5) is 13.9. The number of halogens is 3. The van der Waals surface area contributed by atoms with E-state index in [-0.39, 0.29) is 22.5 Å². The first-order chi connectivity index (χ1) is 10.8. The number of nitrogens with zero attached hydrogens (tertiary/aromatic N) is 2. The number of hydrogen-bond donors (Lipinski definition) is 2. The average Bonchev–Trinajstić information content (AvgIpc) is 2.45. The molecule has 0 atom stereocenters. The fraction of sp³-hybridized carbons (Fsp3) is 0.0714. The zero-order chi connectivity index (χ0) is 17.2. The summed E-state index contributed by atoms with van der Waals surface area (Å²) >= 11 is 0. The molecule has 0 radical (unpaired) electrons. The highest BCUT2D eigenvalue weighted by Gasteiger charge is 2.31. The molecule has 1 aromatic heterocycles. The molecule has 9 heteroatoms. The Morgan fingerprint density at radius 3 is 2.39 bits per heavy atom. The van der Waals surface area contributed by atoms with E-state index >= 15 is 0 Å². The molecule has 0 aliphatic heterocycles. The van der Waals surface area contributed by atoms with Crippen molar-refractivity contribution in [2.45, 2.75) is 6.36 Å². The average molecular weight is 320 g/mol. The van der Waals surface area contributed by atoms with Crippen molar-refractivity contribution in [3.05, 3.63) is 45.7 Å². The molecule has 0 saturated carbocycles. The van der Waals surface area contributed by atoms with Crippen molar-refractivity contribution >= 4 is 5.82 Å². The molecule has 23 heavy (non-hydrogen) atoms. The number of nitriles is 2. The maximum absolute atomic E-state index is 12.3. The number of nitrogens with one attached hydrogen (secondary N) is 1. The van der Waals surface area contributed by atoms with Crippen molar-refractivity contribution in [2.24, 2.45) is 0 Å². The summed E-state index contributed by atoms with van der Waals surface area (Å²) < 4.78 is 40.7. The number of hydrogen-bond acceptors (Lipinski definition) is 5. The van der Waals surface area contributed by atoms with Gasteiger partial charge in [-0.1, -0.05) is 12.1 Å². The van der Waals surface area contributed by atoms with Crippen molar-refractivity contribution in [1.82, 2.24) is 4.98 Å². The quantitative estimate of drug-likeness (QED) is 0.880. The summed E-state index contributed by atoms with van der Waals surface area (Å²) in [6.45, 7) is 0. The largest absolute Gasteiger partial charge is 0.573 e. The highest BCUT2D eigenvalue weighted by atomic mass is 19.4. The van der Waals surface area contributed by atoms with Gasteiger partial charge in [0.05, 0.1) is 0 Å². The van der Waals surface area contributed by atoms with Crippen LogP contribution in [0, 0.1) is 22.7 Å². The van der Waals surface area contributed by atoms with Gasteiger partial charge in [0.25, 0.3) is 5.56 Å². The summed E-state index contributed by atoms with van der Waals surface area (Å²) in [7, 11) is 0. The summed E-state index contributed by atoms with van der Waals surface area (Å²) in [5, 5.41) is 18.3. The molecule has 6 nitrogen and oxygen atoms in total. The minimum Gasteiger partial charge on any atom is -0.406 e. The van der Waals surface area contributed by atoms with E-state index in [0.717, 1.165) is 12.1 Å². The van der Waals surface area contributed by atoms with Crippen LogP contribution in [-0.2, 0) is 0 Å². The molecule has 0 aliphatic rings. The molecule has 0 aliphatic carbocycles. The number of nitrogen functional groups attached to an aromatic ring is 1. The van der Waals surface area contributed by atoms with Crippen LogP contribution < -0.4 is 16.0 Å². The zero-order valence-electron chi connectivity index (χ0n) is 11.2. The number of anilines is 1. The van der Waals surface area contributed by atoms with E-state index in [9.17, 15) is 18.0 Å². The predicted molar refractivity (Wildman–Crippen MR) is 73.0 cm³/mol. The van der Waals surface area contributed by atoms with Crippen LogP contribution in [0.3, 0.4) is 0 Å². The van der Waals surface area contributed by atoms with Crippen LogP contribution in [-0.4, -0.2) is 11.3 Å². The lowest BCUT2D eigenvalue weighted by Crippen LogP contribution is -2.17. The molecule has 0 spiro atoms. The smallest absolute Gasteiger partial charge is 0.406 e. The molecule has 0 fully saturated rings. The Morgan fingerprint density at radius 1 is 1.17 bits per heavy atom. The number of aromatic amines is 1. The van der Waals surface area contributed by atoms with Crippen LogP contribution in [0.4, 0.5) is 19.0 Å². The Bertz CT molecular complexity index is 904. The van der Waals surface area contributed by atoms with Gasteiger partial charge in [0.15, 0.2) is 0 Å². The SMILES string of the molecule is N#Cc1c(N)[nH]c(=O)c(C#N)c1-c1cccc(OC(F)(F)F)c1. The standard InChI is InChI=1S/C14H7F3N4O2/c15-14(16,17)23-8-3-1-2-7(4-8)11-9(5-18)12(20)21-13(22)10(11)6-19/h1-4H,(H3,20,21,22). The molecule has 1 aromatic carbocycles. The van der Waals surface area contributed by atoms with Crippen LogP contribution in [0.2, 0.25) is 0 Å². The van der Waals surface area contributed by atoms with E-state index in [4.69, 9.17) is 16.3 Å². The number of pyridine rings is 1. The third-order valence-electron chi connectivity index (χ3n) is 2.82. The van der Waals surface area contributed by atoms with Crippen LogP contribution in [0.15, 0.2) is 29.1 Å². The van der Waals surface area contributed by atoms with Gasteiger partial charge in [-0.3, -0.25) is 4.79 Å². The van der Waals surface area contributed by atoms with Crippen molar-refractivity contribution < 1.29 is 17.9 Å². The number of alkyl halides is 3. The maximum Gasteiger partial charge on any atom is 0.573 e. The molecular formula is C14H7F3N4O2. The molecule has 0 amide bonds. The fourth-order valence-electron chi connectivity index (χ4n) is 1.98. The van der Waals surface area contributed by atoms with Gasteiger partial charge in [0, 0.05) is 5.56 Å². The van der Waals surface area contributed by atoms with Gasteiger partial charge in [0.2, 0.25) is 0 Å². The first kappa shape index (κ1) is 15.9. The fourth-order valence-corrected chi connectivity index (χ4v) is 1.98. The first-order valence-electron chi connectivity index (χ1n) is 5.99. The number of ether oxygens (including phenoxy) is 1. The second kappa shape index (κ2) is 5.73. The maximum atomic E-state index is 12.3. The summed E-state index contributed by atoms with van der Waals surface area (Å²) in [6.07, 6.45) is -4.90. The van der Waals surface area contributed by atoms with Gasteiger partial charge in [-0.15, -0.1) is 13.2 Å². The topological polar surface area (TPSA) is 116 Å².